The quantitative estimate of drug-likeness (QED) is 0.708. The number of halogens is 1. The van der Waals surface area contributed by atoms with Crippen LogP contribution in [-0.4, -0.2) is 21.5 Å². The summed E-state index contributed by atoms with van der Waals surface area (Å²) in [4.78, 5) is 11.0. The zero-order chi connectivity index (χ0) is 9.26. The monoisotopic (exact) mass is 196 g/mol. The highest BCUT2D eigenvalue weighted by Gasteiger charge is 2.07. The molecule has 3 N–H and O–H groups in total. The number of H-pyrrole nitrogens is 1. The van der Waals surface area contributed by atoms with Gasteiger partial charge in [-0.2, -0.15) is 0 Å². The van der Waals surface area contributed by atoms with E-state index in [2.05, 4.69) is 15.0 Å². The number of fused-ring (bicyclic) bond motifs is 1. The Bertz CT molecular complexity index is 423. The van der Waals surface area contributed by atoms with E-state index in [-0.39, 0.29) is 0 Å². The summed E-state index contributed by atoms with van der Waals surface area (Å²) in [6.45, 7) is 0.595. The molecule has 0 saturated carbocycles. The normalized spacial score (nSPS) is 10.9. The molecule has 0 radical (unpaired) electrons. The topological polar surface area (TPSA) is 67.6 Å². The van der Waals surface area contributed by atoms with Crippen molar-refractivity contribution in [3.63, 3.8) is 0 Å². The molecule has 0 amide bonds. The fourth-order valence-corrected chi connectivity index (χ4v) is 1.59. The number of hydrogen-bond acceptors (Lipinski definition) is 3. The highest BCUT2D eigenvalue weighted by atomic mass is 35.5. The summed E-state index contributed by atoms with van der Waals surface area (Å²) >= 11 is 5.93. The molecule has 0 unspecified atom stereocenters. The maximum Gasteiger partial charge on any atom is 0.142 e. The van der Waals surface area contributed by atoms with Gasteiger partial charge in [0.15, 0.2) is 0 Å². The molecule has 0 saturated heterocycles. The summed E-state index contributed by atoms with van der Waals surface area (Å²) in [5.41, 5.74) is 7.30. The van der Waals surface area contributed by atoms with E-state index >= 15 is 0 Å². The fourth-order valence-electron chi connectivity index (χ4n) is 1.34. The molecule has 68 valence electrons. The van der Waals surface area contributed by atoms with Gasteiger partial charge in [0.05, 0.1) is 5.39 Å². The van der Waals surface area contributed by atoms with E-state index in [1.807, 2.05) is 6.20 Å². The molecule has 0 aliphatic rings. The third-order valence-electron chi connectivity index (χ3n) is 1.92. The number of nitrogens with zero attached hydrogens (tertiary/aromatic N) is 2. The van der Waals surface area contributed by atoms with Gasteiger partial charge in [0, 0.05) is 6.20 Å². The third kappa shape index (κ3) is 1.38. The molecule has 0 atom stereocenters. The summed E-state index contributed by atoms with van der Waals surface area (Å²) in [5, 5.41) is 1.37. The minimum Gasteiger partial charge on any atom is -0.346 e. The molecule has 13 heavy (non-hydrogen) atoms. The van der Waals surface area contributed by atoms with Crippen molar-refractivity contribution in [1.29, 1.82) is 0 Å². The van der Waals surface area contributed by atoms with Gasteiger partial charge in [-0.3, -0.25) is 0 Å². The van der Waals surface area contributed by atoms with Gasteiger partial charge in [0.25, 0.3) is 0 Å². The highest BCUT2D eigenvalue weighted by Crippen LogP contribution is 2.22. The first kappa shape index (κ1) is 8.47. The molecule has 0 bridgehead atoms. The number of nitrogens with two attached hydrogens (primary N) is 1. The average Bonchev–Trinajstić information content (AvgIpc) is 2.51. The first-order valence-corrected chi connectivity index (χ1v) is 4.37. The molecule has 0 fully saturated rings. The van der Waals surface area contributed by atoms with E-state index in [1.165, 1.54) is 6.33 Å². The van der Waals surface area contributed by atoms with Gasteiger partial charge < -0.3 is 10.7 Å². The Morgan fingerprint density at radius 1 is 1.46 bits per heavy atom. The molecule has 0 spiro atoms. The summed E-state index contributed by atoms with van der Waals surface area (Å²) < 4.78 is 0. The van der Waals surface area contributed by atoms with Crippen LogP contribution in [0.4, 0.5) is 0 Å². The Hall–Kier alpha value is -1.13. The maximum absolute atomic E-state index is 5.93. The molecule has 0 aromatic carbocycles. The lowest BCUT2D eigenvalue weighted by Gasteiger charge is -1.96. The molecule has 2 aromatic rings. The number of aromatic nitrogens is 3. The molecule has 2 rings (SSSR count). The molecule has 0 aliphatic heterocycles. The number of aromatic amines is 1. The van der Waals surface area contributed by atoms with E-state index in [1.54, 1.807) is 0 Å². The Balaban J connectivity index is 2.64. The Labute approximate surface area is 80.1 Å². The van der Waals surface area contributed by atoms with Crippen molar-refractivity contribution in [3.05, 3.63) is 23.2 Å². The number of rotatable bonds is 2. The molecule has 2 heterocycles. The second-order valence-corrected chi connectivity index (χ2v) is 3.10. The largest absolute Gasteiger partial charge is 0.346 e. The second-order valence-electron chi connectivity index (χ2n) is 2.74. The van der Waals surface area contributed by atoms with E-state index < -0.39 is 0 Å². The van der Waals surface area contributed by atoms with Gasteiger partial charge in [0.1, 0.15) is 17.1 Å². The SMILES string of the molecule is NCCc1c[nH]c2ncnc(Cl)c12. The van der Waals surface area contributed by atoms with E-state index in [0.29, 0.717) is 11.7 Å². The molecule has 4 nitrogen and oxygen atoms in total. The summed E-state index contributed by atoms with van der Waals surface area (Å²) in [5.74, 6) is 0. The molecular formula is C8H9ClN4. The standard InChI is InChI=1S/C8H9ClN4/c9-7-6-5(1-2-10)3-11-8(6)13-4-12-7/h3-4H,1-2,10H2,(H,11,12,13). The minimum absolute atomic E-state index is 0.481. The lowest BCUT2D eigenvalue weighted by molar-refractivity contribution is 0.976. The van der Waals surface area contributed by atoms with Crippen LogP contribution in [0.25, 0.3) is 11.0 Å². The maximum atomic E-state index is 5.93. The molecular weight excluding hydrogens is 188 g/mol. The van der Waals surface area contributed by atoms with Crippen LogP contribution >= 0.6 is 11.6 Å². The zero-order valence-electron chi connectivity index (χ0n) is 6.92. The Morgan fingerprint density at radius 3 is 3.08 bits per heavy atom. The van der Waals surface area contributed by atoms with Crippen molar-refractivity contribution in [2.24, 2.45) is 5.73 Å². The first-order chi connectivity index (χ1) is 6.33. The predicted octanol–water partition coefficient (Wildman–Crippen LogP) is 1.11. The lowest BCUT2D eigenvalue weighted by atomic mass is 10.2. The van der Waals surface area contributed by atoms with Crippen LogP contribution in [0, 0.1) is 0 Å². The first-order valence-electron chi connectivity index (χ1n) is 3.99. The number of nitrogens with one attached hydrogen (secondary N) is 1. The fraction of sp³-hybridized carbons (Fsp3) is 0.250. The van der Waals surface area contributed by atoms with Crippen LogP contribution in [0.15, 0.2) is 12.5 Å². The van der Waals surface area contributed by atoms with Crippen molar-refractivity contribution in [2.75, 3.05) is 6.54 Å². The highest BCUT2D eigenvalue weighted by molar-refractivity contribution is 6.34. The summed E-state index contributed by atoms with van der Waals surface area (Å²) in [6.07, 6.45) is 4.10. The van der Waals surface area contributed by atoms with Crippen LogP contribution in [0.3, 0.4) is 0 Å². The Kier molecular flexibility index (Phi) is 2.16. The minimum atomic E-state index is 0.481. The zero-order valence-corrected chi connectivity index (χ0v) is 7.67. The van der Waals surface area contributed by atoms with Crippen molar-refractivity contribution in [1.82, 2.24) is 15.0 Å². The van der Waals surface area contributed by atoms with Crippen LogP contribution in [0.2, 0.25) is 5.15 Å². The average molecular weight is 197 g/mol. The third-order valence-corrected chi connectivity index (χ3v) is 2.21. The van der Waals surface area contributed by atoms with Gasteiger partial charge in [-0.15, -0.1) is 0 Å². The van der Waals surface area contributed by atoms with Crippen molar-refractivity contribution in [3.8, 4) is 0 Å². The van der Waals surface area contributed by atoms with Crippen molar-refractivity contribution >= 4 is 22.6 Å². The second kappa shape index (κ2) is 3.32. The van der Waals surface area contributed by atoms with E-state index in [9.17, 15) is 0 Å². The van der Waals surface area contributed by atoms with Gasteiger partial charge in [-0.1, -0.05) is 11.6 Å². The van der Waals surface area contributed by atoms with Crippen molar-refractivity contribution < 1.29 is 0 Å². The number of hydrogen-bond donors (Lipinski definition) is 2. The molecule has 2 aromatic heterocycles. The summed E-state index contributed by atoms with van der Waals surface area (Å²) in [7, 11) is 0. The summed E-state index contributed by atoms with van der Waals surface area (Å²) in [6, 6.07) is 0. The lowest BCUT2D eigenvalue weighted by Crippen LogP contribution is -2.02. The van der Waals surface area contributed by atoms with Crippen LogP contribution in [0.5, 0.6) is 0 Å². The van der Waals surface area contributed by atoms with E-state index in [0.717, 1.165) is 23.0 Å². The van der Waals surface area contributed by atoms with Gasteiger partial charge in [0.2, 0.25) is 0 Å². The van der Waals surface area contributed by atoms with Crippen LogP contribution in [0.1, 0.15) is 5.56 Å². The van der Waals surface area contributed by atoms with Gasteiger partial charge in [-0.25, -0.2) is 9.97 Å². The molecule has 0 aliphatic carbocycles. The van der Waals surface area contributed by atoms with Gasteiger partial charge >= 0.3 is 0 Å². The smallest absolute Gasteiger partial charge is 0.142 e. The molecule has 5 heteroatoms. The van der Waals surface area contributed by atoms with Gasteiger partial charge in [-0.05, 0) is 18.5 Å². The van der Waals surface area contributed by atoms with Crippen molar-refractivity contribution in [2.45, 2.75) is 6.42 Å². The predicted molar refractivity (Wildman–Crippen MR) is 51.7 cm³/mol. The van der Waals surface area contributed by atoms with Crippen LogP contribution < -0.4 is 5.73 Å². The Morgan fingerprint density at radius 2 is 2.31 bits per heavy atom. The van der Waals surface area contributed by atoms with E-state index in [4.69, 9.17) is 17.3 Å². The van der Waals surface area contributed by atoms with Crippen LogP contribution in [-0.2, 0) is 6.42 Å².